The van der Waals surface area contributed by atoms with Gasteiger partial charge in [-0.1, -0.05) is 56.3 Å². The van der Waals surface area contributed by atoms with Crippen LogP contribution in [0.15, 0.2) is 54.6 Å². The van der Waals surface area contributed by atoms with Gasteiger partial charge >= 0.3 is 0 Å². The summed E-state index contributed by atoms with van der Waals surface area (Å²) in [6.07, 6.45) is 2.21. The van der Waals surface area contributed by atoms with Gasteiger partial charge in [0, 0.05) is 6.04 Å². The Morgan fingerprint density at radius 3 is 2.48 bits per heavy atom. The molecule has 0 bridgehead atoms. The molecular formula is C23H30N2O2. The molecule has 3 rings (SSSR count). The van der Waals surface area contributed by atoms with Gasteiger partial charge in [-0.2, -0.15) is 0 Å². The van der Waals surface area contributed by atoms with Gasteiger partial charge in [0.1, 0.15) is 5.75 Å². The highest BCUT2D eigenvalue weighted by atomic mass is 16.5. The number of carbonyl (C=O) groups excluding carboxylic acids is 1. The highest BCUT2D eigenvalue weighted by Crippen LogP contribution is 2.32. The summed E-state index contributed by atoms with van der Waals surface area (Å²) >= 11 is 0. The van der Waals surface area contributed by atoms with Gasteiger partial charge in [0.15, 0.2) is 0 Å². The van der Waals surface area contributed by atoms with Gasteiger partial charge in [0.05, 0.1) is 19.7 Å². The van der Waals surface area contributed by atoms with Gasteiger partial charge in [-0.15, -0.1) is 0 Å². The van der Waals surface area contributed by atoms with E-state index in [1.807, 2.05) is 30.3 Å². The molecule has 0 radical (unpaired) electrons. The van der Waals surface area contributed by atoms with Gasteiger partial charge in [-0.25, -0.2) is 0 Å². The van der Waals surface area contributed by atoms with Crippen LogP contribution >= 0.6 is 0 Å². The molecular weight excluding hydrogens is 336 g/mol. The van der Waals surface area contributed by atoms with E-state index in [1.165, 1.54) is 5.56 Å². The molecule has 4 heteroatoms. The van der Waals surface area contributed by atoms with Crippen molar-refractivity contribution in [3.8, 4) is 5.75 Å². The Hall–Kier alpha value is -2.33. The molecule has 0 aliphatic carbocycles. The van der Waals surface area contributed by atoms with Crippen molar-refractivity contribution in [2.45, 2.75) is 38.8 Å². The van der Waals surface area contributed by atoms with Crippen LogP contribution in [-0.2, 0) is 4.79 Å². The molecule has 1 heterocycles. The van der Waals surface area contributed by atoms with Crippen LogP contribution in [0, 0.1) is 5.92 Å². The van der Waals surface area contributed by atoms with Gasteiger partial charge in [0.2, 0.25) is 5.91 Å². The zero-order valence-electron chi connectivity index (χ0n) is 16.5. The molecule has 2 atom stereocenters. The SMILES string of the molecule is COc1ccc([C@H]2CCCN2CC(=O)N[C@H](c2ccccc2)C(C)C)cc1. The van der Waals surface area contributed by atoms with Crippen LogP contribution in [-0.4, -0.2) is 31.0 Å². The number of ether oxygens (including phenoxy) is 1. The number of rotatable bonds is 7. The second kappa shape index (κ2) is 9.05. The zero-order valence-corrected chi connectivity index (χ0v) is 16.5. The number of nitrogens with zero attached hydrogens (tertiary/aromatic N) is 1. The van der Waals surface area contributed by atoms with Crippen molar-refractivity contribution in [3.05, 3.63) is 65.7 Å². The lowest BCUT2D eigenvalue weighted by Crippen LogP contribution is -2.40. The second-order valence-corrected chi connectivity index (χ2v) is 7.60. The summed E-state index contributed by atoms with van der Waals surface area (Å²) in [4.78, 5) is 15.1. The number of nitrogens with one attached hydrogen (secondary N) is 1. The standard InChI is InChI=1S/C23H30N2O2/c1-17(2)23(19-8-5-4-6-9-19)24-22(26)16-25-15-7-10-21(25)18-11-13-20(27-3)14-12-18/h4-6,8-9,11-14,17,21,23H,7,10,15-16H2,1-3H3,(H,24,26)/t21-,23+/m1/s1. The van der Waals surface area contributed by atoms with E-state index in [-0.39, 0.29) is 11.9 Å². The van der Waals surface area contributed by atoms with Gasteiger partial charge in [0.25, 0.3) is 0 Å². The predicted molar refractivity (Wildman–Crippen MR) is 109 cm³/mol. The average molecular weight is 367 g/mol. The van der Waals surface area contributed by atoms with Crippen molar-refractivity contribution in [3.63, 3.8) is 0 Å². The van der Waals surface area contributed by atoms with Crippen molar-refractivity contribution >= 4 is 5.91 Å². The summed E-state index contributed by atoms with van der Waals surface area (Å²) in [5.74, 6) is 1.30. The van der Waals surface area contributed by atoms with Crippen molar-refractivity contribution < 1.29 is 9.53 Å². The van der Waals surface area contributed by atoms with Crippen molar-refractivity contribution in [1.82, 2.24) is 10.2 Å². The molecule has 1 N–H and O–H groups in total. The maximum atomic E-state index is 12.8. The Kier molecular flexibility index (Phi) is 6.51. The van der Waals surface area contributed by atoms with E-state index >= 15 is 0 Å². The minimum Gasteiger partial charge on any atom is -0.497 e. The number of hydrogen-bond donors (Lipinski definition) is 1. The summed E-state index contributed by atoms with van der Waals surface area (Å²) in [5.41, 5.74) is 2.42. The number of benzene rings is 2. The fourth-order valence-electron chi connectivity index (χ4n) is 3.92. The summed E-state index contributed by atoms with van der Waals surface area (Å²) in [7, 11) is 1.68. The summed E-state index contributed by atoms with van der Waals surface area (Å²) < 4.78 is 5.25. The van der Waals surface area contributed by atoms with E-state index in [9.17, 15) is 4.79 Å². The minimum atomic E-state index is 0.0424. The molecule has 1 fully saturated rings. The summed E-state index contributed by atoms with van der Waals surface area (Å²) in [6.45, 7) is 5.69. The number of methoxy groups -OCH3 is 1. The first-order valence-electron chi connectivity index (χ1n) is 9.81. The maximum Gasteiger partial charge on any atom is 0.234 e. The van der Waals surface area contributed by atoms with Crippen LogP contribution in [0.2, 0.25) is 0 Å². The number of amides is 1. The van der Waals surface area contributed by atoms with Crippen LogP contribution in [0.3, 0.4) is 0 Å². The average Bonchev–Trinajstić information content (AvgIpc) is 3.14. The molecule has 144 valence electrons. The fourth-order valence-corrected chi connectivity index (χ4v) is 3.92. The third-order valence-electron chi connectivity index (χ3n) is 5.35. The normalized spacial score (nSPS) is 18.4. The summed E-state index contributed by atoms with van der Waals surface area (Å²) in [6, 6.07) is 18.8. The van der Waals surface area contributed by atoms with E-state index in [0.717, 1.165) is 30.7 Å². The van der Waals surface area contributed by atoms with E-state index in [0.29, 0.717) is 18.5 Å². The zero-order chi connectivity index (χ0) is 19.2. The Labute approximate surface area is 162 Å². The van der Waals surface area contributed by atoms with Crippen LogP contribution in [0.5, 0.6) is 5.75 Å². The van der Waals surface area contributed by atoms with Crippen LogP contribution in [0.4, 0.5) is 0 Å². The highest BCUT2D eigenvalue weighted by Gasteiger charge is 2.28. The molecule has 0 unspecified atom stereocenters. The fraction of sp³-hybridized carbons (Fsp3) is 0.435. The molecule has 0 aromatic heterocycles. The van der Waals surface area contributed by atoms with Crippen LogP contribution in [0.1, 0.15) is 49.9 Å². The number of hydrogen-bond acceptors (Lipinski definition) is 3. The van der Waals surface area contributed by atoms with E-state index in [1.54, 1.807) is 7.11 Å². The summed E-state index contributed by atoms with van der Waals surface area (Å²) in [5, 5.41) is 3.25. The Bertz CT molecular complexity index is 728. The van der Waals surface area contributed by atoms with Gasteiger partial charge in [-0.05, 0) is 48.6 Å². The lowest BCUT2D eigenvalue weighted by molar-refractivity contribution is -0.123. The topological polar surface area (TPSA) is 41.6 Å². The highest BCUT2D eigenvalue weighted by molar-refractivity contribution is 5.78. The van der Waals surface area contributed by atoms with E-state index in [2.05, 4.69) is 48.3 Å². The lowest BCUT2D eigenvalue weighted by Gasteiger charge is -2.27. The predicted octanol–water partition coefficient (Wildman–Crippen LogP) is 4.35. The largest absolute Gasteiger partial charge is 0.497 e. The van der Waals surface area contributed by atoms with E-state index < -0.39 is 0 Å². The van der Waals surface area contributed by atoms with Gasteiger partial charge in [-0.3, -0.25) is 9.69 Å². The van der Waals surface area contributed by atoms with Crippen molar-refractivity contribution in [1.29, 1.82) is 0 Å². The molecule has 2 aromatic carbocycles. The molecule has 1 aliphatic heterocycles. The minimum absolute atomic E-state index is 0.0424. The molecule has 1 saturated heterocycles. The van der Waals surface area contributed by atoms with Crippen LogP contribution < -0.4 is 10.1 Å². The molecule has 1 amide bonds. The van der Waals surface area contributed by atoms with Crippen molar-refractivity contribution in [2.24, 2.45) is 5.92 Å². The molecule has 2 aromatic rings. The molecule has 0 spiro atoms. The van der Waals surface area contributed by atoms with E-state index in [4.69, 9.17) is 4.74 Å². The Balaban J connectivity index is 1.65. The second-order valence-electron chi connectivity index (χ2n) is 7.60. The molecule has 0 saturated carbocycles. The Morgan fingerprint density at radius 2 is 1.85 bits per heavy atom. The number of carbonyl (C=O) groups is 1. The Morgan fingerprint density at radius 1 is 1.15 bits per heavy atom. The molecule has 27 heavy (non-hydrogen) atoms. The molecule has 1 aliphatic rings. The monoisotopic (exact) mass is 366 g/mol. The van der Waals surface area contributed by atoms with Crippen molar-refractivity contribution in [2.75, 3.05) is 20.2 Å². The number of likely N-dealkylation sites (tertiary alicyclic amines) is 1. The first-order valence-corrected chi connectivity index (χ1v) is 9.81. The van der Waals surface area contributed by atoms with Crippen LogP contribution in [0.25, 0.3) is 0 Å². The first-order chi connectivity index (χ1) is 13.1. The third-order valence-corrected chi connectivity index (χ3v) is 5.35. The maximum absolute atomic E-state index is 12.8. The quantitative estimate of drug-likeness (QED) is 0.792. The first kappa shape index (κ1) is 19.4. The smallest absolute Gasteiger partial charge is 0.234 e. The lowest BCUT2D eigenvalue weighted by atomic mass is 9.96. The van der Waals surface area contributed by atoms with Gasteiger partial charge < -0.3 is 10.1 Å². The molecule has 4 nitrogen and oxygen atoms in total. The third kappa shape index (κ3) is 4.89.